The van der Waals surface area contributed by atoms with E-state index >= 15 is 0 Å². The third kappa shape index (κ3) is 4.87. The lowest BCUT2D eigenvalue weighted by atomic mass is 9.32. The molecule has 43 heavy (non-hydrogen) atoms. The number of allylic oxidation sites excluding steroid dienone is 1. The minimum Gasteiger partial charge on any atom is -0.469 e. The number of methoxy groups -OCH3 is 1. The fraction of sp³-hybridized carbons (Fsp3) is 0.868. The van der Waals surface area contributed by atoms with Gasteiger partial charge in [0.1, 0.15) is 12.4 Å². The number of ether oxygens (including phenoxy) is 2. The first kappa shape index (κ1) is 32.7. The Morgan fingerprint density at radius 3 is 2.14 bits per heavy atom. The van der Waals surface area contributed by atoms with Gasteiger partial charge in [-0.15, -0.1) is 0 Å². The number of hydrogen-bond acceptors (Lipinski definition) is 5. The van der Waals surface area contributed by atoms with Gasteiger partial charge < -0.3 is 14.3 Å². The zero-order chi connectivity index (χ0) is 31.8. The van der Waals surface area contributed by atoms with Gasteiger partial charge in [0.15, 0.2) is 0 Å². The molecule has 5 nitrogen and oxygen atoms in total. The van der Waals surface area contributed by atoms with Crippen LogP contribution in [0.1, 0.15) is 132 Å². The van der Waals surface area contributed by atoms with Gasteiger partial charge in [0.05, 0.1) is 20.0 Å². The van der Waals surface area contributed by atoms with Crippen LogP contribution in [0, 0.1) is 62.1 Å². The SMILES string of the molecule is C=C(C)[C@@H]1CC[C@]2(C=O)CC[C@]3(C)C(CCC4[C@@]5(C)CC[C@H](OC(=O)CC(C)(C)CC(=O)OC)C(C)(C)C5CC[C@]43C)C12. The Hall–Kier alpha value is -1.65. The lowest BCUT2D eigenvalue weighted by molar-refractivity contribution is -0.248. The van der Waals surface area contributed by atoms with E-state index in [9.17, 15) is 14.4 Å². The summed E-state index contributed by atoms with van der Waals surface area (Å²) in [5.74, 6) is 2.12. The van der Waals surface area contributed by atoms with Crippen molar-refractivity contribution < 1.29 is 23.9 Å². The minimum absolute atomic E-state index is 0.110. The van der Waals surface area contributed by atoms with Crippen LogP contribution >= 0.6 is 0 Å². The zero-order valence-corrected chi connectivity index (χ0v) is 28.8. The maximum Gasteiger partial charge on any atom is 0.306 e. The third-order valence-electron chi connectivity index (χ3n) is 15.1. The first-order chi connectivity index (χ1) is 19.9. The second-order valence-electron chi connectivity index (χ2n) is 18.0. The summed E-state index contributed by atoms with van der Waals surface area (Å²) in [6, 6.07) is 0. The van der Waals surface area contributed by atoms with E-state index in [1.165, 1.54) is 38.2 Å². The highest BCUT2D eigenvalue weighted by atomic mass is 16.5. The van der Waals surface area contributed by atoms with Crippen LogP contribution in [0.25, 0.3) is 0 Å². The molecule has 0 saturated heterocycles. The maximum absolute atomic E-state index is 13.2. The summed E-state index contributed by atoms with van der Waals surface area (Å²) in [4.78, 5) is 37.8. The molecule has 0 aliphatic heterocycles. The van der Waals surface area contributed by atoms with Gasteiger partial charge in [0.2, 0.25) is 0 Å². The molecule has 5 rings (SSSR count). The van der Waals surface area contributed by atoms with Crippen molar-refractivity contribution in [3.63, 3.8) is 0 Å². The van der Waals surface area contributed by atoms with E-state index in [0.29, 0.717) is 29.6 Å². The molecule has 0 aromatic heterocycles. The van der Waals surface area contributed by atoms with E-state index in [4.69, 9.17) is 9.47 Å². The van der Waals surface area contributed by atoms with E-state index in [1.807, 2.05) is 13.8 Å². The van der Waals surface area contributed by atoms with Gasteiger partial charge in [-0.3, -0.25) is 9.59 Å². The van der Waals surface area contributed by atoms with Crippen LogP contribution in [0.15, 0.2) is 12.2 Å². The van der Waals surface area contributed by atoms with Crippen LogP contribution in [0.2, 0.25) is 0 Å². The van der Waals surface area contributed by atoms with Crippen molar-refractivity contribution in [2.24, 2.45) is 62.1 Å². The van der Waals surface area contributed by atoms with Gasteiger partial charge in [0.25, 0.3) is 0 Å². The summed E-state index contributed by atoms with van der Waals surface area (Å²) in [7, 11) is 1.39. The van der Waals surface area contributed by atoms with E-state index in [1.54, 1.807) is 0 Å². The number of carbonyl (C=O) groups excluding carboxylic acids is 3. The van der Waals surface area contributed by atoms with Crippen molar-refractivity contribution in [1.29, 1.82) is 0 Å². The molecular formula is C38H60O5. The fourth-order valence-corrected chi connectivity index (χ4v) is 12.7. The number of fused-ring (bicyclic) bond motifs is 7. The van der Waals surface area contributed by atoms with Crippen molar-refractivity contribution in [3.8, 4) is 0 Å². The summed E-state index contributed by atoms with van der Waals surface area (Å²) in [6.45, 7) is 23.0. The molecule has 10 atom stereocenters. The molecule has 4 unspecified atom stereocenters. The minimum atomic E-state index is -0.498. The standard InChI is InChI=1S/C38H60O5/c1-24(2)25-13-18-38(23-39)20-19-36(8)26(32(25)38)11-12-28-35(7)16-15-29(34(5,6)27(35)14-17-37(28,36)9)43-31(41)22-33(3,4)21-30(40)42-10/h23,25-29,32H,1,11-22H2,2-10H3/t25-,26?,27?,28?,29-,32?,35-,36+,37+,38+/m0/s1. The number of hydrogen-bond donors (Lipinski definition) is 0. The summed E-state index contributed by atoms with van der Waals surface area (Å²) >= 11 is 0. The number of carbonyl (C=O) groups is 3. The normalized spacial score (nSPS) is 45.0. The Kier molecular flexibility index (Phi) is 8.16. The fourth-order valence-electron chi connectivity index (χ4n) is 12.7. The van der Waals surface area contributed by atoms with Gasteiger partial charge >= 0.3 is 11.9 Å². The molecule has 0 spiro atoms. The molecule has 0 amide bonds. The summed E-state index contributed by atoms with van der Waals surface area (Å²) in [5, 5.41) is 0. The molecule has 0 radical (unpaired) electrons. The molecule has 0 bridgehead atoms. The Morgan fingerprint density at radius 1 is 0.837 bits per heavy atom. The maximum atomic E-state index is 13.2. The van der Waals surface area contributed by atoms with E-state index in [-0.39, 0.29) is 58.0 Å². The molecular weight excluding hydrogens is 536 g/mol. The number of rotatable bonds is 7. The van der Waals surface area contributed by atoms with Gasteiger partial charge in [-0.25, -0.2) is 0 Å². The average molecular weight is 597 g/mol. The van der Waals surface area contributed by atoms with Crippen LogP contribution < -0.4 is 0 Å². The molecule has 5 fully saturated rings. The van der Waals surface area contributed by atoms with Gasteiger partial charge in [-0.05, 0) is 122 Å². The van der Waals surface area contributed by atoms with E-state index < -0.39 is 5.41 Å². The first-order valence-corrected chi connectivity index (χ1v) is 17.3. The topological polar surface area (TPSA) is 69.7 Å². The summed E-state index contributed by atoms with van der Waals surface area (Å²) in [6.07, 6.45) is 12.8. The van der Waals surface area contributed by atoms with E-state index in [2.05, 4.69) is 48.1 Å². The molecule has 5 heteroatoms. The van der Waals surface area contributed by atoms with Crippen molar-refractivity contribution in [2.45, 2.75) is 139 Å². The molecule has 0 N–H and O–H groups in total. The lowest BCUT2D eigenvalue weighted by Gasteiger charge is -2.72. The van der Waals surface area contributed by atoms with Crippen molar-refractivity contribution in [1.82, 2.24) is 0 Å². The zero-order valence-electron chi connectivity index (χ0n) is 28.8. The Bertz CT molecular complexity index is 1150. The van der Waals surface area contributed by atoms with Crippen LogP contribution in [0.5, 0.6) is 0 Å². The van der Waals surface area contributed by atoms with Gasteiger partial charge in [0, 0.05) is 10.8 Å². The Balaban J connectivity index is 1.37. The third-order valence-corrected chi connectivity index (χ3v) is 15.1. The number of aldehydes is 1. The lowest BCUT2D eigenvalue weighted by Crippen LogP contribution is -2.66. The average Bonchev–Trinajstić information content (AvgIpc) is 3.30. The highest BCUT2D eigenvalue weighted by molar-refractivity contribution is 5.74. The first-order valence-electron chi connectivity index (χ1n) is 17.3. The van der Waals surface area contributed by atoms with Crippen LogP contribution in [0.4, 0.5) is 0 Å². The van der Waals surface area contributed by atoms with E-state index in [0.717, 1.165) is 44.9 Å². The predicted octanol–water partition coefficient (Wildman–Crippen LogP) is 8.73. The van der Waals surface area contributed by atoms with Crippen LogP contribution in [-0.2, 0) is 23.9 Å². The molecule has 0 aromatic rings. The van der Waals surface area contributed by atoms with Gasteiger partial charge in [-0.2, -0.15) is 0 Å². The highest BCUT2D eigenvalue weighted by Gasteiger charge is 2.71. The van der Waals surface area contributed by atoms with Crippen molar-refractivity contribution >= 4 is 18.2 Å². The molecule has 242 valence electrons. The number of esters is 2. The quantitative estimate of drug-likeness (QED) is 0.167. The second-order valence-corrected chi connectivity index (χ2v) is 18.0. The summed E-state index contributed by atoms with van der Waals surface area (Å²) in [5.41, 5.74) is 1.16. The van der Waals surface area contributed by atoms with Gasteiger partial charge in [-0.1, -0.05) is 60.6 Å². The molecule has 5 saturated carbocycles. The van der Waals surface area contributed by atoms with Crippen LogP contribution in [-0.4, -0.2) is 31.4 Å². The summed E-state index contributed by atoms with van der Waals surface area (Å²) < 4.78 is 11.1. The van der Waals surface area contributed by atoms with Crippen LogP contribution in [0.3, 0.4) is 0 Å². The largest absolute Gasteiger partial charge is 0.469 e. The monoisotopic (exact) mass is 596 g/mol. The molecule has 0 aromatic carbocycles. The Labute approximate surface area is 261 Å². The van der Waals surface area contributed by atoms with Crippen molar-refractivity contribution in [3.05, 3.63) is 12.2 Å². The Morgan fingerprint density at radius 2 is 1.51 bits per heavy atom. The predicted molar refractivity (Wildman–Crippen MR) is 170 cm³/mol. The smallest absolute Gasteiger partial charge is 0.306 e. The highest BCUT2D eigenvalue weighted by Crippen LogP contribution is 2.77. The second kappa shape index (κ2) is 10.7. The van der Waals surface area contributed by atoms with Crippen molar-refractivity contribution in [2.75, 3.05) is 7.11 Å². The molecule has 5 aliphatic carbocycles. The molecule has 0 heterocycles. The molecule has 5 aliphatic rings.